The Morgan fingerprint density at radius 3 is 2.74 bits per heavy atom. The molecular formula is C16H22BN3O3. The molecule has 0 aromatic carbocycles. The van der Waals surface area contributed by atoms with E-state index in [0.717, 1.165) is 43.0 Å². The number of ether oxygens (including phenoxy) is 1. The van der Waals surface area contributed by atoms with Crippen molar-refractivity contribution >= 4 is 23.8 Å². The summed E-state index contributed by atoms with van der Waals surface area (Å²) in [6.07, 6.45) is 3.96. The smallest absolute Gasteiger partial charge is 0.402 e. The lowest BCUT2D eigenvalue weighted by Crippen LogP contribution is -2.36. The van der Waals surface area contributed by atoms with Gasteiger partial charge in [0, 0.05) is 24.7 Å². The van der Waals surface area contributed by atoms with E-state index < -0.39 is 0 Å². The van der Waals surface area contributed by atoms with Crippen LogP contribution in [-0.2, 0) is 14.0 Å². The number of hydrogen-bond acceptors (Lipinski definition) is 5. The molecule has 6 nitrogen and oxygen atoms in total. The third-order valence-electron chi connectivity index (χ3n) is 4.88. The lowest BCUT2D eigenvalue weighted by molar-refractivity contribution is 0.0842. The first kappa shape index (κ1) is 15.0. The van der Waals surface area contributed by atoms with Gasteiger partial charge in [0.15, 0.2) is 0 Å². The Hall–Kier alpha value is -1.57. The molecule has 23 heavy (non-hydrogen) atoms. The highest BCUT2D eigenvalue weighted by Crippen LogP contribution is 2.27. The summed E-state index contributed by atoms with van der Waals surface area (Å²) in [5.41, 5.74) is 2.89. The summed E-state index contributed by atoms with van der Waals surface area (Å²) in [5, 5.41) is 4.49. The van der Waals surface area contributed by atoms with Gasteiger partial charge >= 0.3 is 7.12 Å². The molecule has 4 rings (SSSR count). The Morgan fingerprint density at radius 1 is 1.26 bits per heavy atom. The van der Waals surface area contributed by atoms with Gasteiger partial charge in [-0.25, -0.2) is 4.52 Å². The van der Waals surface area contributed by atoms with E-state index in [2.05, 4.69) is 42.2 Å². The van der Waals surface area contributed by atoms with Crippen LogP contribution >= 0.6 is 0 Å². The van der Waals surface area contributed by atoms with Crippen LogP contribution in [0.2, 0.25) is 0 Å². The minimum atomic E-state index is -0.355. The van der Waals surface area contributed by atoms with Gasteiger partial charge in [-0.2, -0.15) is 5.10 Å². The zero-order valence-electron chi connectivity index (χ0n) is 13.9. The molecule has 7 heteroatoms. The van der Waals surface area contributed by atoms with Gasteiger partial charge in [-0.05, 0) is 32.9 Å². The second kappa shape index (κ2) is 5.51. The van der Waals surface area contributed by atoms with Gasteiger partial charge in [-0.3, -0.25) is 0 Å². The zero-order valence-corrected chi connectivity index (χ0v) is 13.9. The third kappa shape index (κ3) is 2.63. The Balaban J connectivity index is 1.63. The van der Waals surface area contributed by atoms with Crippen molar-refractivity contribution in [2.45, 2.75) is 32.5 Å². The normalized spacial score (nSPS) is 24.6. The van der Waals surface area contributed by atoms with Crippen LogP contribution in [0.5, 0.6) is 0 Å². The van der Waals surface area contributed by atoms with Gasteiger partial charge in [0.2, 0.25) is 0 Å². The fourth-order valence-electron chi connectivity index (χ4n) is 3.07. The molecule has 4 heterocycles. The third-order valence-corrected chi connectivity index (χ3v) is 4.88. The molecule has 1 atom stereocenters. The molecule has 2 aliphatic rings. The monoisotopic (exact) mass is 315 g/mol. The summed E-state index contributed by atoms with van der Waals surface area (Å²) in [7, 11) is -0.355. The molecule has 0 N–H and O–H groups in total. The highest BCUT2D eigenvalue weighted by Gasteiger charge is 2.45. The molecule has 2 saturated heterocycles. The van der Waals surface area contributed by atoms with E-state index in [-0.39, 0.29) is 18.8 Å². The van der Waals surface area contributed by atoms with Gasteiger partial charge in [0.25, 0.3) is 0 Å². The van der Waals surface area contributed by atoms with E-state index in [9.17, 15) is 0 Å². The maximum atomic E-state index is 6.06. The molecule has 0 spiro atoms. The number of aromatic nitrogens is 2. The summed E-state index contributed by atoms with van der Waals surface area (Å²) in [5.74, 6) is 0. The number of anilines is 1. The second-order valence-electron chi connectivity index (χ2n) is 6.75. The van der Waals surface area contributed by atoms with Gasteiger partial charge in [-0.1, -0.05) is 0 Å². The standard InChI is InChI=1S/C16H22BN3O3/c1-12-16(2,3)23-17(22-12)14-10-18-20-11-13(4-5-15(14)20)19-6-8-21-9-7-19/h4-5,10-12H,6-9H2,1-3H3. The lowest BCUT2D eigenvalue weighted by atomic mass is 9.80. The maximum absolute atomic E-state index is 6.06. The van der Waals surface area contributed by atoms with E-state index in [1.165, 1.54) is 0 Å². The van der Waals surface area contributed by atoms with Crippen LogP contribution in [0.25, 0.3) is 5.52 Å². The van der Waals surface area contributed by atoms with Gasteiger partial charge in [-0.15, -0.1) is 0 Å². The zero-order chi connectivity index (χ0) is 16.0. The molecule has 1 unspecified atom stereocenters. The number of rotatable bonds is 2. The van der Waals surface area contributed by atoms with Crippen LogP contribution in [0.15, 0.2) is 24.5 Å². The van der Waals surface area contributed by atoms with Crippen LogP contribution in [0, 0.1) is 0 Å². The van der Waals surface area contributed by atoms with E-state index in [1.807, 2.05) is 17.6 Å². The second-order valence-corrected chi connectivity index (χ2v) is 6.75. The molecule has 0 bridgehead atoms. The van der Waals surface area contributed by atoms with Crippen LogP contribution in [0.1, 0.15) is 20.8 Å². The number of fused-ring (bicyclic) bond motifs is 1. The van der Waals surface area contributed by atoms with Crippen molar-refractivity contribution in [2.24, 2.45) is 0 Å². The Kier molecular flexibility index (Phi) is 3.59. The van der Waals surface area contributed by atoms with Crippen molar-refractivity contribution in [1.29, 1.82) is 0 Å². The highest BCUT2D eigenvalue weighted by atomic mass is 16.7. The van der Waals surface area contributed by atoms with Crippen LogP contribution in [0.4, 0.5) is 5.69 Å². The summed E-state index contributed by atoms with van der Waals surface area (Å²) in [4.78, 5) is 2.32. The first-order valence-corrected chi connectivity index (χ1v) is 8.18. The number of nitrogens with zero attached hydrogens (tertiary/aromatic N) is 3. The topological polar surface area (TPSA) is 48.2 Å². The lowest BCUT2D eigenvalue weighted by Gasteiger charge is -2.28. The van der Waals surface area contributed by atoms with Crippen LogP contribution in [-0.4, -0.2) is 54.7 Å². The fourth-order valence-corrected chi connectivity index (χ4v) is 3.07. The summed E-state index contributed by atoms with van der Waals surface area (Å²) >= 11 is 0. The molecule has 2 aromatic heterocycles. The Bertz CT molecular complexity index is 712. The van der Waals surface area contributed by atoms with E-state index >= 15 is 0 Å². The fraction of sp³-hybridized carbons (Fsp3) is 0.562. The Morgan fingerprint density at radius 2 is 2.04 bits per heavy atom. The highest BCUT2D eigenvalue weighted by molar-refractivity contribution is 6.64. The average molecular weight is 315 g/mol. The predicted molar refractivity (Wildman–Crippen MR) is 89.3 cm³/mol. The molecule has 2 aromatic rings. The van der Waals surface area contributed by atoms with Gasteiger partial charge in [0.1, 0.15) is 0 Å². The van der Waals surface area contributed by atoms with E-state index in [1.54, 1.807) is 0 Å². The molecular weight excluding hydrogens is 293 g/mol. The van der Waals surface area contributed by atoms with Crippen molar-refractivity contribution in [3.63, 3.8) is 0 Å². The first-order chi connectivity index (χ1) is 11.0. The van der Waals surface area contributed by atoms with Crippen LogP contribution < -0.4 is 10.4 Å². The van der Waals surface area contributed by atoms with Crippen molar-refractivity contribution in [3.8, 4) is 0 Å². The molecule has 2 aliphatic heterocycles. The van der Waals surface area contributed by atoms with Crippen molar-refractivity contribution < 1.29 is 14.0 Å². The minimum absolute atomic E-state index is 0.0510. The van der Waals surface area contributed by atoms with E-state index in [0.29, 0.717) is 0 Å². The SMILES string of the molecule is CC1OB(c2cnn3cc(N4CCOCC4)ccc23)OC1(C)C. The number of hydrogen-bond donors (Lipinski definition) is 0. The van der Waals surface area contributed by atoms with Gasteiger partial charge in [0.05, 0.1) is 42.3 Å². The maximum Gasteiger partial charge on any atom is 0.498 e. The molecule has 2 fully saturated rings. The number of morpholine rings is 1. The van der Waals surface area contributed by atoms with E-state index in [4.69, 9.17) is 14.0 Å². The largest absolute Gasteiger partial charge is 0.498 e. The average Bonchev–Trinajstić information content (AvgIpc) is 3.08. The summed E-state index contributed by atoms with van der Waals surface area (Å²) in [6, 6.07) is 4.23. The first-order valence-electron chi connectivity index (χ1n) is 8.18. The predicted octanol–water partition coefficient (Wildman–Crippen LogP) is 1.08. The van der Waals surface area contributed by atoms with Crippen molar-refractivity contribution in [1.82, 2.24) is 9.61 Å². The van der Waals surface area contributed by atoms with Crippen LogP contribution in [0.3, 0.4) is 0 Å². The quantitative estimate of drug-likeness (QED) is 0.776. The molecule has 0 aliphatic carbocycles. The molecule has 122 valence electrons. The number of pyridine rings is 1. The minimum Gasteiger partial charge on any atom is -0.402 e. The molecule has 0 radical (unpaired) electrons. The Labute approximate surface area is 136 Å². The summed E-state index contributed by atoms with van der Waals surface area (Å²) < 4.78 is 19.3. The molecule has 0 saturated carbocycles. The van der Waals surface area contributed by atoms with Crippen molar-refractivity contribution in [2.75, 3.05) is 31.2 Å². The van der Waals surface area contributed by atoms with Gasteiger partial charge < -0.3 is 18.9 Å². The summed E-state index contributed by atoms with van der Waals surface area (Å²) in [6.45, 7) is 9.54. The van der Waals surface area contributed by atoms with Crippen molar-refractivity contribution in [3.05, 3.63) is 24.5 Å². The molecule has 0 amide bonds.